The molecule has 0 atom stereocenters. The smallest absolute Gasteiger partial charge is 0.0992 e. The lowest BCUT2D eigenvalue weighted by Gasteiger charge is -2.18. The highest BCUT2D eigenvalue weighted by Gasteiger charge is 2.04. The van der Waals surface area contributed by atoms with E-state index in [9.17, 15) is 0 Å². The SMILES string of the molecule is CCN(CC)CCn1ccc2ccc(C#N)cc21. The second-order valence-corrected chi connectivity index (χ2v) is 4.42. The van der Waals surface area contributed by atoms with Gasteiger partial charge in [-0.15, -0.1) is 0 Å². The van der Waals surface area contributed by atoms with Crippen molar-refractivity contribution in [1.82, 2.24) is 9.47 Å². The summed E-state index contributed by atoms with van der Waals surface area (Å²) in [6.07, 6.45) is 2.11. The van der Waals surface area contributed by atoms with Crippen molar-refractivity contribution in [1.29, 1.82) is 5.26 Å². The molecular formula is C15H19N3. The monoisotopic (exact) mass is 241 g/mol. The first-order valence-corrected chi connectivity index (χ1v) is 6.49. The fraction of sp³-hybridized carbons (Fsp3) is 0.400. The fourth-order valence-corrected chi connectivity index (χ4v) is 2.24. The van der Waals surface area contributed by atoms with Gasteiger partial charge in [-0.3, -0.25) is 0 Å². The Morgan fingerprint density at radius 1 is 1.22 bits per heavy atom. The van der Waals surface area contributed by atoms with E-state index in [-0.39, 0.29) is 0 Å². The average Bonchev–Trinajstić information content (AvgIpc) is 2.82. The molecule has 94 valence electrons. The summed E-state index contributed by atoms with van der Waals surface area (Å²) >= 11 is 0. The van der Waals surface area contributed by atoms with Crippen LogP contribution >= 0.6 is 0 Å². The van der Waals surface area contributed by atoms with Crippen molar-refractivity contribution in [2.24, 2.45) is 0 Å². The summed E-state index contributed by atoms with van der Waals surface area (Å²) in [4.78, 5) is 2.40. The molecule has 0 N–H and O–H groups in total. The van der Waals surface area contributed by atoms with Crippen molar-refractivity contribution in [3.63, 3.8) is 0 Å². The first kappa shape index (κ1) is 12.7. The Balaban J connectivity index is 2.20. The molecular weight excluding hydrogens is 222 g/mol. The van der Waals surface area contributed by atoms with Crippen LogP contribution < -0.4 is 0 Å². The fourth-order valence-electron chi connectivity index (χ4n) is 2.24. The van der Waals surface area contributed by atoms with Gasteiger partial charge in [0.05, 0.1) is 11.6 Å². The Morgan fingerprint density at radius 3 is 2.67 bits per heavy atom. The maximum atomic E-state index is 8.95. The van der Waals surface area contributed by atoms with Crippen LogP contribution in [0.1, 0.15) is 19.4 Å². The zero-order chi connectivity index (χ0) is 13.0. The Bertz CT molecular complexity index is 559. The predicted octanol–water partition coefficient (Wildman–Crippen LogP) is 2.85. The molecule has 0 aliphatic carbocycles. The molecule has 0 saturated carbocycles. The van der Waals surface area contributed by atoms with E-state index in [4.69, 9.17) is 5.26 Å². The second kappa shape index (κ2) is 5.70. The summed E-state index contributed by atoms with van der Waals surface area (Å²) < 4.78 is 2.23. The number of aromatic nitrogens is 1. The molecule has 0 fully saturated rings. The van der Waals surface area contributed by atoms with Crippen molar-refractivity contribution >= 4 is 10.9 Å². The van der Waals surface area contributed by atoms with Gasteiger partial charge in [-0.1, -0.05) is 19.9 Å². The Hall–Kier alpha value is -1.79. The third-order valence-electron chi connectivity index (χ3n) is 3.45. The molecule has 18 heavy (non-hydrogen) atoms. The van der Waals surface area contributed by atoms with Gasteiger partial charge >= 0.3 is 0 Å². The molecule has 1 heterocycles. The van der Waals surface area contributed by atoms with Crippen LogP contribution in [0.3, 0.4) is 0 Å². The zero-order valence-electron chi connectivity index (χ0n) is 11.1. The first-order valence-electron chi connectivity index (χ1n) is 6.49. The van der Waals surface area contributed by atoms with Gasteiger partial charge in [0.25, 0.3) is 0 Å². The van der Waals surface area contributed by atoms with Crippen LogP contribution in [0.5, 0.6) is 0 Å². The Morgan fingerprint density at radius 2 is 2.00 bits per heavy atom. The largest absolute Gasteiger partial charge is 0.346 e. The van der Waals surface area contributed by atoms with Gasteiger partial charge in [-0.05, 0) is 36.7 Å². The molecule has 1 aromatic carbocycles. The number of benzene rings is 1. The number of nitriles is 1. The molecule has 2 rings (SSSR count). The molecule has 0 unspecified atom stereocenters. The van der Waals surface area contributed by atoms with Gasteiger partial charge in [0, 0.05) is 24.8 Å². The lowest BCUT2D eigenvalue weighted by atomic mass is 10.2. The molecule has 3 heteroatoms. The number of hydrogen-bond acceptors (Lipinski definition) is 2. The summed E-state index contributed by atoms with van der Waals surface area (Å²) in [6, 6.07) is 10.2. The van der Waals surface area contributed by atoms with Crippen LogP contribution in [-0.4, -0.2) is 29.1 Å². The molecule has 0 aliphatic heterocycles. The lowest BCUT2D eigenvalue weighted by Crippen LogP contribution is -2.26. The molecule has 0 spiro atoms. The number of fused-ring (bicyclic) bond motifs is 1. The zero-order valence-corrected chi connectivity index (χ0v) is 11.1. The maximum absolute atomic E-state index is 8.95. The van der Waals surface area contributed by atoms with Crippen molar-refractivity contribution in [3.05, 3.63) is 36.0 Å². The average molecular weight is 241 g/mol. The quantitative estimate of drug-likeness (QED) is 0.806. The van der Waals surface area contributed by atoms with Crippen molar-refractivity contribution in [2.45, 2.75) is 20.4 Å². The molecule has 3 nitrogen and oxygen atoms in total. The van der Waals surface area contributed by atoms with Gasteiger partial charge < -0.3 is 9.47 Å². The highest BCUT2D eigenvalue weighted by atomic mass is 15.1. The number of rotatable bonds is 5. The van der Waals surface area contributed by atoms with Gasteiger partial charge in [-0.25, -0.2) is 0 Å². The summed E-state index contributed by atoms with van der Waals surface area (Å²) in [5, 5.41) is 10.2. The highest BCUT2D eigenvalue weighted by Crippen LogP contribution is 2.17. The predicted molar refractivity (Wildman–Crippen MR) is 74.4 cm³/mol. The van der Waals surface area contributed by atoms with Crippen LogP contribution in [-0.2, 0) is 6.54 Å². The Labute approximate surface area is 108 Å². The minimum absolute atomic E-state index is 0.727. The summed E-state index contributed by atoms with van der Waals surface area (Å²) in [5.41, 5.74) is 1.88. The molecule has 0 amide bonds. The minimum Gasteiger partial charge on any atom is -0.346 e. The van der Waals surface area contributed by atoms with E-state index >= 15 is 0 Å². The van der Waals surface area contributed by atoms with Crippen LogP contribution in [0.15, 0.2) is 30.5 Å². The molecule has 0 bridgehead atoms. The summed E-state index contributed by atoms with van der Waals surface area (Å²) in [7, 11) is 0. The van der Waals surface area contributed by atoms with E-state index in [0.717, 1.165) is 37.3 Å². The van der Waals surface area contributed by atoms with Crippen molar-refractivity contribution < 1.29 is 0 Å². The number of likely N-dealkylation sites (N-methyl/N-ethyl adjacent to an activating group) is 1. The highest BCUT2D eigenvalue weighted by molar-refractivity contribution is 5.81. The summed E-state index contributed by atoms with van der Waals surface area (Å²) in [6.45, 7) is 8.56. The maximum Gasteiger partial charge on any atom is 0.0992 e. The van der Waals surface area contributed by atoms with E-state index in [2.05, 4.69) is 41.6 Å². The molecule has 0 radical (unpaired) electrons. The molecule has 2 aromatic rings. The lowest BCUT2D eigenvalue weighted by molar-refractivity contribution is 0.292. The minimum atomic E-state index is 0.727. The van der Waals surface area contributed by atoms with Crippen LogP contribution in [0.25, 0.3) is 10.9 Å². The van der Waals surface area contributed by atoms with Gasteiger partial charge in [0.15, 0.2) is 0 Å². The normalized spacial score (nSPS) is 11.0. The van der Waals surface area contributed by atoms with E-state index in [1.54, 1.807) is 0 Å². The summed E-state index contributed by atoms with van der Waals surface area (Å²) in [5.74, 6) is 0. The topological polar surface area (TPSA) is 32.0 Å². The number of hydrogen-bond donors (Lipinski definition) is 0. The van der Waals surface area contributed by atoms with E-state index in [0.29, 0.717) is 0 Å². The van der Waals surface area contributed by atoms with Crippen LogP contribution in [0.2, 0.25) is 0 Å². The third kappa shape index (κ3) is 2.55. The molecule has 0 saturated heterocycles. The van der Waals surface area contributed by atoms with E-state index in [1.807, 2.05) is 18.2 Å². The van der Waals surface area contributed by atoms with E-state index < -0.39 is 0 Å². The van der Waals surface area contributed by atoms with E-state index in [1.165, 1.54) is 5.39 Å². The Kier molecular flexibility index (Phi) is 4.01. The third-order valence-corrected chi connectivity index (χ3v) is 3.45. The van der Waals surface area contributed by atoms with Crippen molar-refractivity contribution in [3.8, 4) is 6.07 Å². The second-order valence-electron chi connectivity index (χ2n) is 4.42. The first-order chi connectivity index (χ1) is 8.78. The van der Waals surface area contributed by atoms with Gasteiger partial charge in [0.1, 0.15) is 0 Å². The number of nitrogens with zero attached hydrogens (tertiary/aromatic N) is 3. The molecule has 0 aliphatic rings. The van der Waals surface area contributed by atoms with Crippen LogP contribution in [0, 0.1) is 11.3 Å². The standard InChI is InChI=1S/C15H19N3/c1-3-17(4-2)9-10-18-8-7-14-6-5-13(12-16)11-15(14)18/h5-8,11H,3-4,9-10H2,1-2H3. The van der Waals surface area contributed by atoms with Gasteiger partial charge in [-0.2, -0.15) is 5.26 Å². The van der Waals surface area contributed by atoms with Crippen LogP contribution in [0.4, 0.5) is 0 Å². The van der Waals surface area contributed by atoms with Gasteiger partial charge in [0.2, 0.25) is 0 Å². The molecule has 1 aromatic heterocycles. The van der Waals surface area contributed by atoms with Crippen molar-refractivity contribution in [2.75, 3.05) is 19.6 Å².